The molecule has 0 saturated carbocycles. The van der Waals surface area contributed by atoms with Crippen molar-refractivity contribution in [2.75, 3.05) is 11.9 Å². The van der Waals surface area contributed by atoms with Crippen molar-refractivity contribution in [1.82, 2.24) is 5.32 Å². The lowest BCUT2D eigenvalue weighted by Crippen LogP contribution is -2.36. The molecule has 33 heavy (non-hydrogen) atoms. The summed E-state index contributed by atoms with van der Waals surface area (Å²) in [4.78, 5) is 51.3. The van der Waals surface area contributed by atoms with Crippen LogP contribution >= 0.6 is 11.8 Å². The summed E-state index contributed by atoms with van der Waals surface area (Å²) in [5.74, 6) is -3.62. The minimum atomic E-state index is -1.16. The van der Waals surface area contributed by atoms with Gasteiger partial charge in [-0.05, 0) is 37.5 Å². The molecule has 0 radical (unpaired) electrons. The molecule has 2 aliphatic rings. The van der Waals surface area contributed by atoms with Gasteiger partial charge in [-0.15, -0.1) is 11.8 Å². The van der Waals surface area contributed by atoms with Crippen molar-refractivity contribution in [1.29, 1.82) is 0 Å². The Balaban J connectivity index is 1.64. The van der Waals surface area contributed by atoms with Crippen molar-refractivity contribution < 1.29 is 34.5 Å². The van der Waals surface area contributed by atoms with E-state index in [2.05, 4.69) is 15.6 Å². The molecular formula is C22H27N3O7S. The number of carbonyl (C=O) groups is 4. The lowest BCUT2D eigenvalue weighted by molar-refractivity contribution is -0.129. The van der Waals surface area contributed by atoms with Gasteiger partial charge in [0.15, 0.2) is 0 Å². The second-order valence-corrected chi connectivity index (χ2v) is 9.82. The molecule has 2 aliphatic heterocycles. The molecule has 1 aromatic rings. The van der Waals surface area contributed by atoms with Crippen molar-refractivity contribution in [3.8, 4) is 0 Å². The number of aromatic carboxylic acids is 1. The number of carbonyl (C=O) groups excluding carboxylic acids is 2. The maximum Gasteiger partial charge on any atom is 0.350 e. The number of anilines is 1. The maximum absolute atomic E-state index is 12.7. The molecule has 11 heteroatoms. The largest absolute Gasteiger partial charge is 0.478 e. The Labute approximate surface area is 194 Å². The van der Waals surface area contributed by atoms with E-state index in [9.17, 15) is 29.4 Å². The molecule has 1 aromatic carbocycles. The first-order valence-electron chi connectivity index (χ1n) is 10.6. The molecule has 0 bridgehead atoms. The van der Waals surface area contributed by atoms with E-state index in [0.717, 1.165) is 0 Å². The Bertz CT molecular complexity index is 967. The van der Waals surface area contributed by atoms with Gasteiger partial charge in [-0.25, -0.2) is 9.59 Å². The lowest BCUT2D eigenvalue weighted by atomic mass is 9.87. The zero-order valence-corrected chi connectivity index (χ0v) is 19.0. The highest BCUT2D eigenvalue weighted by molar-refractivity contribution is 8.01. The second kappa shape index (κ2) is 10.4. The average Bonchev–Trinajstić information content (AvgIpc) is 3.35. The fourth-order valence-electron chi connectivity index (χ4n) is 4.23. The quantitative estimate of drug-likeness (QED) is 0.325. The van der Waals surface area contributed by atoms with Gasteiger partial charge in [0.1, 0.15) is 12.0 Å². The first-order chi connectivity index (χ1) is 15.6. The molecule has 3 rings (SSSR count). The molecule has 1 amide bonds. The highest BCUT2D eigenvalue weighted by Crippen LogP contribution is 2.39. The van der Waals surface area contributed by atoms with Crippen LogP contribution in [0.5, 0.6) is 0 Å². The van der Waals surface area contributed by atoms with Gasteiger partial charge in [-0.2, -0.15) is 0 Å². The molecule has 5 N–H and O–H groups in total. The van der Waals surface area contributed by atoms with Crippen LogP contribution < -0.4 is 10.6 Å². The number of hydrogen-bond donors (Lipinski definition) is 5. The number of aldehydes is 1. The van der Waals surface area contributed by atoms with Gasteiger partial charge in [-0.1, -0.05) is 13.0 Å². The minimum absolute atomic E-state index is 0.0246. The number of amides is 1. The number of nitrogens with one attached hydrogen (secondary N) is 2. The van der Waals surface area contributed by atoms with E-state index in [1.165, 1.54) is 30.8 Å². The van der Waals surface area contributed by atoms with Gasteiger partial charge in [0.25, 0.3) is 0 Å². The first kappa shape index (κ1) is 24.9. The van der Waals surface area contributed by atoms with Crippen LogP contribution in [0.15, 0.2) is 29.3 Å². The number of aliphatic hydroxyl groups is 1. The van der Waals surface area contributed by atoms with Crippen molar-refractivity contribution in [2.24, 2.45) is 16.8 Å². The summed E-state index contributed by atoms with van der Waals surface area (Å²) in [6, 6.07) is 4.82. The van der Waals surface area contributed by atoms with Crippen LogP contribution in [0.25, 0.3) is 0 Å². The number of hydrogen-bond acceptors (Lipinski definition) is 8. The smallest absolute Gasteiger partial charge is 0.350 e. The minimum Gasteiger partial charge on any atom is -0.478 e. The lowest BCUT2D eigenvalue weighted by Gasteiger charge is -2.26. The fourth-order valence-corrected chi connectivity index (χ4v) is 5.84. The molecular weight excluding hydrogens is 450 g/mol. The second-order valence-electron chi connectivity index (χ2n) is 8.37. The third kappa shape index (κ3) is 5.60. The fraction of sp³-hybridized carbons (Fsp3) is 0.500. The number of aliphatic carboxylic acids is 1. The van der Waals surface area contributed by atoms with E-state index in [4.69, 9.17) is 5.11 Å². The summed E-state index contributed by atoms with van der Waals surface area (Å²) in [6.45, 7) is 3.79. The van der Waals surface area contributed by atoms with Gasteiger partial charge >= 0.3 is 11.9 Å². The van der Waals surface area contributed by atoms with E-state index in [1.54, 1.807) is 12.1 Å². The Morgan fingerprint density at radius 2 is 2.00 bits per heavy atom. The highest BCUT2D eigenvalue weighted by atomic mass is 32.2. The Morgan fingerprint density at radius 1 is 1.27 bits per heavy atom. The monoisotopic (exact) mass is 477 g/mol. The van der Waals surface area contributed by atoms with Crippen LogP contribution in [-0.4, -0.2) is 80.4 Å². The van der Waals surface area contributed by atoms with Crippen LogP contribution in [0.4, 0.5) is 5.69 Å². The van der Waals surface area contributed by atoms with Gasteiger partial charge in [0.05, 0.1) is 34.9 Å². The van der Waals surface area contributed by atoms with Crippen LogP contribution in [0, 0.1) is 11.8 Å². The van der Waals surface area contributed by atoms with E-state index in [1.807, 2.05) is 6.92 Å². The molecule has 10 nitrogen and oxygen atoms in total. The molecule has 0 spiro atoms. The predicted molar refractivity (Wildman–Crippen MR) is 123 cm³/mol. The number of thioether (sulfide) groups is 1. The third-order valence-electron chi connectivity index (χ3n) is 6.02. The normalized spacial score (nSPS) is 28.6. The third-order valence-corrected chi connectivity index (χ3v) is 7.71. The number of rotatable bonds is 9. The number of aliphatic imine (C=N–C) groups is 1. The number of carboxylic acid groups (broad SMARTS) is 2. The summed E-state index contributed by atoms with van der Waals surface area (Å²) in [5.41, 5.74) is 0.420. The van der Waals surface area contributed by atoms with Crippen LogP contribution in [0.3, 0.4) is 0 Å². The summed E-state index contributed by atoms with van der Waals surface area (Å²) in [6.07, 6.45) is 0.126. The van der Waals surface area contributed by atoms with Gasteiger partial charge in [0, 0.05) is 17.5 Å². The van der Waals surface area contributed by atoms with Gasteiger partial charge in [0.2, 0.25) is 5.91 Å². The molecule has 0 aromatic heterocycles. The average molecular weight is 478 g/mol. The summed E-state index contributed by atoms with van der Waals surface area (Å²) >= 11 is 1.41. The van der Waals surface area contributed by atoms with Crippen molar-refractivity contribution in [2.45, 2.75) is 49.0 Å². The molecule has 0 unspecified atom stereocenters. The van der Waals surface area contributed by atoms with E-state index < -0.39 is 41.3 Å². The van der Waals surface area contributed by atoms with E-state index in [0.29, 0.717) is 24.9 Å². The Morgan fingerprint density at radius 3 is 2.61 bits per heavy atom. The van der Waals surface area contributed by atoms with Gasteiger partial charge < -0.3 is 30.7 Å². The van der Waals surface area contributed by atoms with Gasteiger partial charge in [-0.3, -0.25) is 9.79 Å². The van der Waals surface area contributed by atoms with Crippen molar-refractivity contribution in [3.63, 3.8) is 0 Å². The summed E-state index contributed by atoms with van der Waals surface area (Å²) < 4.78 is 0. The summed E-state index contributed by atoms with van der Waals surface area (Å²) in [5, 5.41) is 33.9. The Kier molecular flexibility index (Phi) is 7.88. The van der Waals surface area contributed by atoms with Crippen LogP contribution in [-0.2, 0) is 14.4 Å². The van der Waals surface area contributed by atoms with Crippen LogP contribution in [0.1, 0.15) is 30.6 Å². The summed E-state index contributed by atoms with van der Waals surface area (Å²) in [7, 11) is 0. The molecule has 7 atom stereocenters. The number of nitrogens with zero attached hydrogens (tertiary/aromatic N) is 1. The molecule has 2 heterocycles. The zero-order chi connectivity index (χ0) is 24.3. The number of benzene rings is 1. The zero-order valence-electron chi connectivity index (χ0n) is 18.2. The molecule has 178 valence electrons. The molecule has 0 aliphatic carbocycles. The van der Waals surface area contributed by atoms with Crippen molar-refractivity contribution in [3.05, 3.63) is 29.8 Å². The topological polar surface area (TPSA) is 165 Å². The maximum atomic E-state index is 12.7. The predicted octanol–water partition coefficient (Wildman–Crippen LogP) is 0.895. The number of aliphatic hydroxyl groups excluding tert-OH is 1. The first-order valence-corrected chi connectivity index (χ1v) is 11.5. The molecule has 1 fully saturated rings. The Hall–Kier alpha value is -2.76. The SMILES string of the molecule is C[C@@H]1[C@H]([C@H](C=O)[C@@H](C)O)N=C(C(=O)O)[C@H]1S[C@@H]1CN[C@H](C(=O)Nc2cccc(C(=O)O)c2)C1. The highest BCUT2D eigenvalue weighted by Gasteiger charge is 2.45. The van der Waals surface area contributed by atoms with E-state index >= 15 is 0 Å². The number of carboxylic acids is 2. The van der Waals surface area contributed by atoms with Crippen LogP contribution in [0.2, 0.25) is 0 Å². The van der Waals surface area contributed by atoms with Crippen molar-refractivity contribution >= 4 is 47.3 Å². The molecule has 1 saturated heterocycles. The van der Waals surface area contributed by atoms with E-state index in [-0.39, 0.29) is 28.4 Å². The standard InChI is InChI=1S/C22H27N3O7S/c1-10-17(15(9-26)11(2)27)25-18(22(31)32)19(10)33-14-7-16(23-8-14)20(28)24-13-5-3-4-12(6-13)21(29)30/h3-6,9-11,14-17,19,23,27H,7-8H2,1-2H3,(H,24,28)(H,29,30)(H,31,32)/t10-,11-,14+,15-,16+,17-,19+/m1/s1.